The van der Waals surface area contributed by atoms with E-state index >= 15 is 0 Å². The maximum atomic E-state index is 11.2. The molecule has 214 valence electrons. The Morgan fingerprint density at radius 2 is 1.60 bits per heavy atom. The van der Waals surface area contributed by atoms with E-state index in [0.717, 1.165) is 48.8 Å². The van der Waals surface area contributed by atoms with Crippen molar-refractivity contribution in [2.24, 2.45) is 10.4 Å². The van der Waals surface area contributed by atoms with Gasteiger partial charge in [0, 0.05) is 46.7 Å². The van der Waals surface area contributed by atoms with Gasteiger partial charge < -0.3 is 5.11 Å². The Bertz CT molecular complexity index is 1580. The second kappa shape index (κ2) is 11.4. The summed E-state index contributed by atoms with van der Waals surface area (Å²) < 4.78 is 0. The minimum absolute atomic E-state index is 0.0744. The maximum Gasteiger partial charge on any atom is 0.128 e. The molecule has 2 heteroatoms. The molecular weight excluding hydrogens is 510 g/mol. The van der Waals surface area contributed by atoms with E-state index in [1.54, 1.807) is 0 Å². The van der Waals surface area contributed by atoms with Gasteiger partial charge in [-0.2, -0.15) is 0 Å². The minimum atomic E-state index is -0.194. The van der Waals surface area contributed by atoms with E-state index < -0.39 is 0 Å². The monoisotopic (exact) mass is 553 g/mol. The fraction of sp³-hybridized carbons (Fsp3) is 0.375. The van der Waals surface area contributed by atoms with Crippen molar-refractivity contribution in [2.45, 2.75) is 90.0 Å². The number of fused-ring (bicyclic) bond motifs is 3. The normalized spacial score (nSPS) is 18.0. The van der Waals surface area contributed by atoms with Crippen LogP contribution in [-0.2, 0) is 5.41 Å². The number of rotatable bonds is 6. The molecule has 0 bridgehead atoms. The third-order valence-corrected chi connectivity index (χ3v) is 9.60. The third kappa shape index (κ3) is 5.38. The van der Waals surface area contributed by atoms with Crippen LogP contribution >= 0.6 is 0 Å². The highest BCUT2D eigenvalue weighted by atomic mass is 16.3. The Morgan fingerprint density at radius 1 is 0.929 bits per heavy atom. The van der Waals surface area contributed by atoms with Gasteiger partial charge in [-0.15, -0.1) is 0 Å². The van der Waals surface area contributed by atoms with E-state index in [9.17, 15) is 5.11 Å². The van der Waals surface area contributed by atoms with Crippen LogP contribution in [0.3, 0.4) is 0 Å². The van der Waals surface area contributed by atoms with E-state index in [0.29, 0.717) is 17.7 Å². The maximum absolute atomic E-state index is 11.2. The van der Waals surface area contributed by atoms with Gasteiger partial charge in [-0.3, -0.25) is 4.99 Å². The predicted molar refractivity (Wildman–Crippen MR) is 176 cm³/mol. The van der Waals surface area contributed by atoms with Crippen molar-refractivity contribution < 1.29 is 5.11 Å². The highest BCUT2D eigenvalue weighted by Crippen LogP contribution is 2.57. The average Bonchev–Trinajstić information content (AvgIpc) is 3.76. The molecule has 0 aromatic heterocycles. The molecule has 3 aliphatic carbocycles. The number of hydrogen-bond donors (Lipinski definition) is 1. The first-order valence-corrected chi connectivity index (χ1v) is 15.7. The third-order valence-electron chi connectivity index (χ3n) is 9.60. The van der Waals surface area contributed by atoms with Crippen molar-refractivity contribution in [1.82, 2.24) is 0 Å². The first-order valence-electron chi connectivity index (χ1n) is 15.7. The van der Waals surface area contributed by atoms with Crippen LogP contribution in [0.25, 0.3) is 11.1 Å². The van der Waals surface area contributed by atoms with Crippen molar-refractivity contribution in [2.75, 3.05) is 0 Å². The fourth-order valence-electron chi connectivity index (χ4n) is 7.30. The SMILES string of the molecule is CC(C)(C)c1cc(C#CCCC(C)(C2=CCC=C2)C2c3ccccc3-c3ccccc32)cc(C=NC2CCCC2)c1O. The number of hydrogen-bond acceptors (Lipinski definition) is 2. The second-order valence-corrected chi connectivity index (χ2v) is 13.6. The summed E-state index contributed by atoms with van der Waals surface area (Å²) in [6.07, 6.45) is 16.4. The molecule has 0 aliphatic heterocycles. The molecule has 1 atom stereocenters. The number of aromatic hydroxyl groups is 1. The standard InChI is InChI=1S/C40H43NO/c1-39(2,3)36-26-28(25-29(38(36)42)27-41-31-18-7-8-19-31)15-13-14-24-40(4,30-16-5-6-17-30)37-34-22-11-9-20-32(34)33-21-10-12-23-35(33)37/h5,9-12,16-17,20-23,25-27,31,37,42H,6-8,14,18-19,24H2,1-4H3. The Labute approximate surface area is 252 Å². The molecule has 0 heterocycles. The summed E-state index contributed by atoms with van der Waals surface area (Å²) in [5, 5.41) is 11.2. The Balaban J connectivity index is 1.31. The lowest BCUT2D eigenvalue weighted by molar-refractivity contribution is 0.335. The average molecular weight is 554 g/mol. The molecule has 3 aliphatic rings. The minimum Gasteiger partial charge on any atom is -0.507 e. The van der Waals surface area contributed by atoms with Crippen molar-refractivity contribution in [3.63, 3.8) is 0 Å². The van der Waals surface area contributed by atoms with Crippen molar-refractivity contribution >= 4 is 6.21 Å². The molecule has 0 radical (unpaired) electrons. The quantitative estimate of drug-likeness (QED) is 0.239. The van der Waals surface area contributed by atoms with Crippen molar-refractivity contribution in [3.05, 3.63) is 112 Å². The summed E-state index contributed by atoms with van der Waals surface area (Å²) >= 11 is 0. The Hall–Kier alpha value is -3.83. The van der Waals surface area contributed by atoms with Crippen molar-refractivity contribution in [1.29, 1.82) is 0 Å². The summed E-state index contributed by atoms with van der Waals surface area (Å²) in [4.78, 5) is 4.83. The van der Waals surface area contributed by atoms with E-state index in [1.165, 1.54) is 40.7 Å². The number of aliphatic imine (C=N–C) groups is 1. The number of nitrogens with zero attached hydrogens (tertiary/aromatic N) is 1. The molecule has 3 aromatic rings. The highest BCUT2D eigenvalue weighted by molar-refractivity contribution is 5.85. The van der Waals surface area contributed by atoms with Gasteiger partial charge in [0.2, 0.25) is 0 Å². The summed E-state index contributed by atoms with van der Waals surface area (Å²) in [5.41, 5.74) is 9.39. The molecule has 1 saturated carbocycles. The van der Waals surface area contributed by atoms with Gasteiger partial charge in [0.05, 0.1) is 0 Å². The van der Waals surface area contributed by atoms with E-state index in [1.807, 2.05) is 12.3 Å². The predicted octanol–water partition coefficient (Wildman–Crippen LogP) is 9.89. The molecule has 1 N–H and O–H groups in total. The molecule has 0 saturated heterocycles. The van der Waals surface area contributed by atoms with Gasteiger partial charge in [0.15, 0.2) is 0 Å². The molecule has 42 heavy (non-hydrogen) atoms. The zero-order valence-corrected chi connectivity index (χ0v) is 25.6. The largest absolute Gasteiger partial charge is 0.507 e. The highest BCUT2D eigenvalue weighted by Gasteiger charge is 2.43. The first-order chi connectivity index (χ1) is 20.3. The Kier molecular flexibility index (Phi) is 7.71. The first kappa shape index (κ1) is 28.3. The van der Waals surface area contributed by atoms with Crippen molar-refractivity contribution in [3.8, 4) is 28.7 Å². The molecule has 0 spiro atoms. The van der Waals surface area contributed by atoms with Gasteiger partial charge in [0.25, 0.3) is 0 Å². The summed E-state index contributed by atoms with van der Waals surface area (Å²) in [7, 11) is 0. The van der Waals surface area contributed by atoms with Crippen LogP contribution < -0.4 is 0 Å². The molecule has 2 nitrogen and oxygen atoms in total. The second-order valence-electron chi connectivity index (χ2n) is 13.6. The summed E-state index contributed by atoms with van der Waals surface area (Å²) in [6, 6.07) is 22.3. The van der Waals surface area contributed by atoms with Gasteiger partial charge in [-0.1, -0.05) is 119 Å². The molecule has 0 amide bonds. The lowest BCUT2D eigenvalue weighted by atomic mass is 9.65. The van der Waals surface area contributed by atoms with Gasteiger partial charge in [-0.25, -0.2) is 0 Å². The van der Waals surface area contributed by atoms with Gasteiger partial charge in [0.1, 0.15) is 5.75 Å². The van der Waals surface area contributed by atoms with Crippen LogP contribution in [0.4, 0.5) is 0 Å². The zero-order valence-electron chi connectivity index (χ0n) is 25.6. The molecular formula is C40H43NO. The smallest absolute Gasteiger partial charge is 0.128 e. The van der Waals surface area contributed by atoms with E-state index in [4.69, 9.17) is 4.99 Å². The number of phenols is 1. The summed E-state index contributed by atoms with van der Waals surface area (Å²) in [6.45, 7) is 8.86. The number of allylic oxidation sites excluding steroid dienone is 4. The topological polar surface area (TPSA) is 32.6 Å². The van der Waals surface area contributed by atoms with Crippen LogP contribution in [0.15, 0.2) is 89.5 Å². The van der Waals surface area contributed by atoms with E-state index in [2.05, 4.69) is 112 Å². The van der Waals surface area contributed by atoms with Crippen LogP contribution in [0.2, 0.25) is 0 Å². The zero-order chi connectivity index (χ0) is 29.3. The number of benzene rings is 3. The fourth-order valence-corrected chi connectivity index (χ4v) is 7.30. The van der Waals surface area contributed by atoms with E-state index in [-0.39, 0.29) is 10.8 Å². The lowest BCUT2D eigenvalue weighted by Crippen LogP contribution is -2.27. The number of phenolic OH excluding ortho intramolecular Hbond substituents is 1. The van der Waals surface area contributed by atoms with Crippen LogP contribution in [-0.4, -0.2) is 17.4 Å². The molecule has 1 unspecified atom stereocenters. The molecule has 6 rings (SSSR count). The Morgan fingerprint density at radius 3 is 2.21 bits per heavy atom. The molecule has 3 aromatic carbocycles. The van der Waals surface area contributed by atoms with Crippen LogP contribution in [0, 0.1) is 17.3 Å². The van der Waals surface area contributed by atoms with Crippen LogP contribution in [0.5, 0.6) is 5.75 Å². The summed E-state index contributed by atoms with van der Waals surface area (Å²) in [5.74, 6) is 7.66. The van der Waals surface area contributed by atoms with Gasteiger partial charge >= 0.3 is 0 Å². The lowest BCUT2D eigenvalue weighted by Gasteiger charge is -2.38. The van der Waals surface area contributed by atoms with Gasteiger partial charge in [-0.05, 0) is 71.1 Å². The molecule has 1 fully saturated rings. The van der Waals surface area contributed by atoms with Crippen LogP contribution in [0.1, 0.15) is 106 Å².